The molecule has 1 aromatic carbocycles. The average molecular weight is 321 g/mol. The van der Waals surface area contributed by atoms with Gasteiger partial charge >= 0.3 is 0 Å². The van der Waals surface area contributed by atoms with Crippen LogP contribution in [-0.2, 0) is 10.0 Å². The van der Waals surface area contributed by atoms with E-state index in [1.54, 1.807) is 12.1 Å². The second-order valence-electron chi connectivity index (χ2n) is 5.97. The lowest BCUT2D eigenvalue weighted by molar-refractivity contribution is 0.169. The summed E-state index contributed by atoms with van der Waals surface area (Å²) in [6.07, 6.45) is 0. The second kappa shape index (κ2) is 6.78. The first-order chi connectivity index (χ1) is 10.4. The third kappa shape index (κ3) is 3.49. The second-order valence-corrected chi connectivity index (χ2v) is 7.91. The number of sulfonamides is 1. The topological polar surface area (TPSA) is 64.4 Å². The zero-order valence-electron chi connectivity index (χ0n) is 13.4. The van der Waals surface area contributed by atoms with Crippen LogP contribution in [0.3, 0.4) is 0 Å². The number of rotatable bonds is 4. The Morgan fingerprint density at radius 2 is 1.59 bits per heavy atom. The molecule has 1 atom stereocenters. The molecule has 5 nitrogen and oxygen atoms in total. The van der Waals surface area contributed by atoms with Gasteiger partial charge in [0.25, 0.3) is 0 Å². The Hall–Kier alpha value is -1.42. The Bertz CT molecular complexity index is 639. The first kappa shape index (κ1) is 16.9. The van der Waals surface area contributed by atoms with Gasteiger partial charge in [0, 0.05) is 26.2 Å². The molecule has 0 amide bonds. The predicted octanol–water partition coefficient (Wildman–Crippen LogP) is 2.03. The van der Waals surface area contributed by atoms with Crippen LogP contribution < -0.4 is 0 Å². The van der Waals surface area contributed by atoms with Crippen molar-refractivity contribution in [3.05, 3.63) is 29.8 Å². The summed E-state index contributed by atoms with van der Waals surface area (Å²) in [5, 5.41) is 8.94. The first-order valence-corrected chi connectivity index (χ1v) is 9.04. The molecule has 0 spiro atoms. The molecule has 0 bridgehead atoms. The largest absolute Gasteiger partial charge is 0.286 e. The molecule has 0 unspecified atom stereocenters. The van der Waals surface area contributed by atoms with Gasteiger partial charge in [0.1, 0.15) is 0 Å². The van der Waals surface area contributed by atoms with Crippen molar-refractivity contribution < 1.29 is 8.42 Å². The highest BCUT2D eigenvalue weighted by atomic mass is 32.2. The molecule has 0 saturated carbocycles. The summed E-state index contributed by atoms with van der Waals surface area (Å²) in [7, 11) is -3.44. The first-order valence-electron chi connectivity index (χ1n) is 7.60. The van der Waals surface area contributed by atoms with E-state index in [-0.39, 0.29) is 6.04 Å². The van der Waals surface area contributed by atoms with Crippen LogP contribution in [0.1, 0.15) is 32.3 Å². The van der Waals surface area contributed by atoms with Gasteiger partial charge in [-0.2, -0.15) is 9.57 Å². The molecule has 1 aromatic rings. The SMILES string of the molecule is CC(C)c1ccc(S(=O)(=O)N2CCN([C@H](C)C#N)CC2)cc1. The normalized spacial score (nSPS) is 19.0. The van der Waals surface area contributed by atoms with Gasteiger partial charge in [-0.05, 0) is 30.5 Å². The fraction of sp³-hybridized carbons (Fsp3) is 0.562. The van der Waals surface area contributed by atoms with Crippen LogP contribution in [0.4, 0.5) is 0 Å². The molecule has 0 radical (unpaired) electrons. The Morgan fingerprint density at radius 3 is 2.05 bits per heavy atom. The van der Waals surface area contributed by atoms with Gasteiger partial charge in [0.2, 0.25) is 10.0 Å². The standard InChI is InChI=1S/C16H23N3O2S/c1-13(2)15-4-6-16(7-5-15)22(20,21)19-10-8-18(9-11-19)14(3)12-17/h4-7,13-14H,8-11H2,1-3H3/t14-/m1/s1. The van der Waals surface area contributed by atoms with E-state index in [0.29, 0.717) is 37.0 Å². The van der Waals surface area contributed by atoms with Crippen LogP contribution in [0.25, 0.3) is 0 Å². The number of hydrogen-bond donors (Lipinski definition) is 0. The van der Waals surface area contributed by atoms with E-state index in [2.05, 4.69) is 19.9 Å². The molecule has 1 aliphatic rings. The molecule has 1 saturated heterocycles. The summed E-state index contributed by atoms with van der Waals surface area (Å²) in [4.78, 5) is 2.35. The van der Waals surface area contributed by atoms with Gasteiger partial charge in [-0.1, -0.05) is 26.0 Å². The van der Waals surface area contributed by atoms with Gasteiger partial charge in [-0.25, -0.2) is 8.42 Å². The third-order valence-corrected chi connectivity index (χ3v) is 6.11. The van der Waals surface area contributed by atoms with E-state index in [1.807, 2.05) is 24.0 Å². The smallest absolute Gasteiger partial charge is 0.243 e. The summed E-state index contributed by atoms with van der Waals surface area (Å²) in [5.74, 6) is 0.382. The van der Waals surface area contributed by atoms with Crippen molar-refractivity contribution >= 4 is 10.0 Å². The molecule has 1 fully saturated rings. The molecule has 0 aliphatic carbocycles. The summed E-state index contributed by atoms with van der Waals surface area (Å²) in [6.45, 7) is 8.06. The number of nitriles is 1. The number of nitrogens with zero attached hydrogens (tertiary/aromatic N) is 3. The predicted molar refractivity (Wildman–Crippen MR) is 85.9 cm³/mol. The minimum Gasteiger partial charge on any atom is -0.286 e. The molecule has 22 heavy (non-hydrogen) atoms. The van der Waals surface area contributed by atoms with Crippen molar-refractivity contribution in [2.24, 2.45) is 0 Å². The van der Waals surface area contributed by atoms with Crippen LogP contribution in [-0.4, -0.2) is 49.8 Å². The molecule has 1 heterocycles. The molecular formula is C16H23N3O2S. The number of hydrogen-bond acceptors (Lipinski definition) is 4. The average Bonchev–Trinajstić information content (AvgIpc) is 2.54. The summed E-state index contributed by atoms with van der Waals surface area (Å²) in [5.41, 5.74) is 1.13. The number of benzene rings is 1. The van der Waals surface area contributed by atoms with Gasteiger partial charge in [-0.3, -0.25) is 4.90 Å². The van der Waals surface area contributed by atoms with Crippen molar-refractivity contribution in [3.63, 3.8) is 0 Å². The minimum absolute atomic E-state index is 0.171. The zero-order valence-corrected chi connectivity index (χ0v) is 14.2. The Balaban J connectivity index is 2.10. The maximum absolute atomic E-state index is 12.7. The van der Waals surface area contributed by atoms with Crippen molar-refractivity contribution in [2.45, 2.75) is 37.6 Å². The highest BCUT2D eigenvalue weighted by molar-refractivity contribution is 7.89. The van der Waals surface area contributed by atoms with E-state index < -0.39 is 10.0 Å². The molecule has 0 N–H and O–H groups in total. The van der Waals surface area contributed by atoms with Gasteiger partial charge in [0.05, 0.1) is 17.0 Å². The maximum Gasteiger partial charge on any atom is 0.243 e. The van der Waals surface area contributed by atoms with E-state index in [4.69, 9.17) is 5.26 Å². The molecule has 1 aliphatic heterocycles. The minimum atomic E-state index is -3.44. The van der Waals surface area contributed by atoms with Crippen LogP contribution in [0.5, 0.6) is 0 Å². The lowest BCUT2D eigenvalue weighted by atomic mass is 10.0. The van der Waals surface area contributed by atoms with E-state index in [9.17, 15) is 8.42 Å². The number of piperazine rings is 1. The highest BCUT2D eigenvalue weighted by Gasteiger charge is 2.29. The molecular weight excluding hydrogens is 298 g/mol. The van der Waals surface area contributed by atoms with E-state index in [0.717, 1.165) is 5.56 Å². The molecule has 6 heteroatoms. The third-order valence-electron chi connectivity index (χ3n) is 4.19. The maximum atomic E-state index is 12.7. The fourth-order valence-electron chi connectivity index (χ4n) is 2.59. The van der Waals surface area contributed by atoms with Gasteiger partial charge in [0.15, 0.2) is 0 Å². The summed E-state index contributed by atoms with van der Waals surface area (Å²) < 4.78 is 26.8. The monoisotopic (exact) mass is 321 g/mol. The Labute approximate surface area is 133 Å². The van der Waals surface area contributed by atoms with Crippen molar-refractivity contribution in [1.82, 2.24) is 9.21 Å². The van der Waals surface area contributed by atoms with Crippen LogP contribution >= 0.6 is 0 Å². The Morgan fingerprint density at radius 1 is 1.05 bits per heavy atom. The highest BCUT2D eigenvalue weighted by Crippen LogP contribution is 2.21. The molecule has 120 valence electrons. The van der Waals surface area contributed by atoms with Crippen LogP contribution in [0, 0.1) is 11.3 Å². The van der Waals surface area contributed by atoms with Crippen molar-refractivity contribution in [3.8, 4) is 6.07 Å². The zero-order chi connectivity index (χ0) is 16.3. The van der Waals surface area contributed by atoms with Gasteiger partial charge in [-0.15, -0.1) is 0 Å². The molecule has 0 aromatic heterocycles. The van der Waals surface area contributed by atoms with Crippen LogP contribution in [0.2, 0.25) is 0 Å². The lowest BCUT2D eigenvalue weighted by Gasteiger charge is -2.35. The van der Waals surface area contributed by atoms with Crippen molar-refractivity contribution in [1.29, 1.82) is 5.26 Å². The molecule has 2 rings (SSSR count). The quantitative estimate of drug-likeness (QED) is 0.851. The van der Waals surface area contributed by atoms with E-state index >= 15 is 0 Å². The summed E-state index contributed by atoms with van der Waals surface area (Å²) in [6, 6.07) is 9.16. The summed E-state index contributed by atoms with van der Waals surface area (Å²) >= 11 is 0. The van der Waals surface area contributed by atoms with E-state index in [1.165, 1.54) is 4.31 Å². The van der Waals surface area contributed by atoms with Gasteiger partial charge < -0.3 is 0 Å². The lowest BCUT2D eigenvalue weighted by Crippen LogP contribution is -2.50. The van der Waals surface area contributed by atoms with Crippen LogP contribution in [0.15, 0.2) is 29.2 Å². The Kier molecular flexibility index (Phi) is 5.22. The fourth-order valence-corrected chi connectivity index (χ4v) is 4.01. The van der Waals surface area contributed by atoms with Crippen molar-refractivity contribution in [2.75, 3.05) is 26.2 Å².